The summed E-state index contributed by atoms with van der Waals surface area (Å²) in [6.45, 7) is 0. The highest BCUT2D eigenvalue weighted by atomic mass is 32.1. The molecule has 0 saturated carbocycles. The Kier molecular flexibility index (Phi) is 3.80. The first kappa shape index (κ1) is 12.5. The van der Waals surface area contributed by atoms with Crippen molar-refractivity contribution in [3.05, 3.63) is 77.3 Å². The van der Waals surface area contributed by atoms with Crippen molar-refractivity contribution < 1.29 is 0 Å². The van der Waals surface area contributed by atoms with Gasteiger partial charge in [0.25, 0.3) is 0 Å². The van der Waals surface area contributed by atoms with Crippen molar-refractivity contribution >= 4 is 22.9 Å². The van der Waals surface area contributed by atoms with Gasteiger partial charge in [-0.2, -0.15) is 5.10 Å². The van der Waals surface area contributed by atoms with Crippen LogP contribution in [0.2, 0.25) is 0 Å². The number of para-hydroxylation sites is 1. The maximum absolute atomic E-state index is 4.50. The van der Waals surface area contributed by atoms with Crippen molar-refractivity contribution in [2.45, 2.75) is 0 Å². The number of hydrazone groups is 1. The Bertz CT molecular complexity index is 678. The normalized spacial score (nSPS) is 11.3. The summed E-state index contributed by atoms with van der Waals surface area (Å²) >= 11 is 1.33. The lowest BCUT2D eigenvalue weighted by atomic mass is 10.1. The summed E-state index contributed by atoms with van der Waals surface area (Å²) in [5, 5.41) is 8.39. The smallest absolute Gasteiger partial charge is 0.111 e. The van der Waals surface area contributed by atoms with Crippen LogP contribution in [0, 0.1) is 0 Å². The van der Waals surface area contributed by atoms with Crippen LogP contribution in [0.1, 0.15) is 10.4 Å². The Labute approximate surface area is 121 Å². The number of benzene rings is 2. The predicted molar refractivity (Wildman–Crippen MR) is 82.1 cm³/mol. The Morgan fingerprint density at radius 3 is 2.30 bits per heavy atom. The lowest BCUT2D eigenvalue weighted by Gasteiger charge is -2.05. The number of nitrogens with zero attached hydrogens (tertiary/aromatic N) is 3. The number of hydrogen-bond acceptors (Lipinski definition) is 5. The van der Waals surface area contributed by atoms with Gasteiger partial charge in [-0.15, -0.1) is 5.10 Å². The second kappa shape index (κ2) is 6.08. The van der Waals surface area contributed by atoms with E-state index in [-0.39, 0.29) is 0 Å². The van der Waals surface area contributed by atoms with E-state index in [0.29, 0.717) is 0 Å². The predicted octanol–water partition coefficient (Wildman–Crippen LogP) is 3.40. The van der Waals surface area contributed by atoms with Crippen molar-refractivity contribution in [2.75, 3.05) is 5.43 Å². The van der Waals surface area contributed by atoms with E-state index in [4.69, 9.17) is 0 Å². The molecule has 0 unspecified atom stereocenters. The maximum atomic E-state index is 4.50. The Morgan fingerprint density at radius 2 is 1.65 bits per heavy atom. The fourth-order valence-corrected chi connectivity index (χ4v) is 2.29. The Morgan fingerprint density at radius 1 is 0.950 bits per heavy atom. The molecular formula is C15H12N4S. The molecule has 0 bridgehead atoms. The van der Waals surface area contributed by atoms with E-state index in [0.717, 1.165) is 21.8 Å². The first-order chi connectivity index (χ1) is 9.93. The van der Waals surface area contributed by atoms with E-state index in [1.807, 2.05) is 60.7 Å². The number of anilines is 1. The van der Waals surface area contributed by atoms with E-state index in [9.17, 15) is 0 Å². The quantitative estimate of drug-likeness (QED) is 0.588. The first-order valence-electron chi connectivity index (χ1n) is 6.15. The van der Waals surface area contributed by atoms with Crippen LogP contribution in [0.15, 0.2) is 72.0 Å². The van der Waals surface area contributed by atoms with Crippen LogP contribution in [-0.4, -0.2) is 15.3 Å². The van der Waals surface area contributed by atoms with Crippen molar-refractivity contribution in [1.82, 2.24) is 9.59 Å². The topological polar surface area (TPSA) is 50.2 Å². The molecule has 20 heavy (non-hydrogen) atoms. The Balaban J connectivity index is 1.94. The van der Waals surface area contributed by atoms with E-state index in [2.05, 4.69) is 20.1 Å². The molecule has 0 aliphatic rings. The molecule has 2 aromatic carbocycles. The number of rotatable bonds is 4. The van der Waals surface area contributed by atoms with Gasteiger partial charge in [0.1, 0.15) is 5.71 Å². The van der Waals surface area contributed by atoms with Gasteiger partial charge in [-0.3, -0.25) is 5.43 Å². The highest BCUT2D eigenvalue weighted by Crippen LogP contribution is 2.14. The average molecular weight is 280 g/mol. The minimum atomic E-state index is 0.837. The second-order valence-corrected chi connectivity index (χ2v) is 4.87. The van der Waals surface area contributed by atoms with Gasteiger partial charge in [0.15, 0.2) is 0 Å². The third-order valence-corrected chi connectivity index (χ3v) is 3.38. The molecule has 1 heterocycles. The van der Waals surface area contributed by atoms with Crippen molar-refractivity contribution in [2.24, 2.45) is 5.10 Å². The molecule has 0 saturated heterocycles. The van der Waals surface area contributed by atoms with E-state index in [1.165, 1.54) is 11.5 Å². The molecule has 0 fully saturated rings. The molecule has 0 aliphatic carbocycles. The van der Waals surface area contributed by atoms with Gasteiger partial charge in [-0.25, -0.2) is 0 Å². The van der Waals surface area contributed by atoms with Gasteiger partial charge in [0.05, 0.1) is 16.8 Å². The lowest BCUT2D eigenvalue weighted by molar-refractivity contribution is 1.15. The summed E-state index contributed by atoms with van der Waals surface area (Å²) in [6.07, 6.45) is 1.73. The van der Waals surface area contributed by atoms with Crippen LogP contribution in [0.4, 0.5) is 5.69 Å². The fourth-order valence-electron chi connectivity index (χ4n) is 1.76. The molecule has 4 nitrogen and oxygen atoms in total. The number of hydrogen-bond donors (Lipinski definition) is 1. The van der Waals surface area contributed by atoms with Crippen LogP contribution in [0.25, 0.3) is 0 Å². The zero-order valence-corrected chi connectivity index (χ0v) is 11.4. The zero-order chi connectivity index (χ0) is 13.6. The molecule has 3 rings (SSSR count). The maximum Gasteiger partial charge on any atom is 0.111 e. The number of aromatic nitrogens is 2. The van der Waals surface area contributed by atoms with Gasteiger partial charge in [-0.1, -0.05) is 53.0 Å². The molecule has 0 amide bonds. The molecule has 0 spiro atoms. The third kappa shape index (κ3) is 2.89. The second-order valence-electron chi connectivity index (χ2n) is 4.09. The zero-order valence-electron chi connectivity index (χ0n) is 10.6. The molecule has 0 radical (unpaired) electrons. The van der Waals surface area contributed by atoms with Gasteiger partial charge < -0.3 is 0 Å². The standard InChI is InChI=1S/C15H12N4S/c1-3-7-12(8-4-1)15(14-11-16-19-20-14)18-17-13-9-5-2-6-10-13/h1-11,17H. The van der Waals surface area contributed by atoms with Crippen molar-refractivity contribution in [1.29, 1.82) is 0 Å². The summed E-state index contributed by atoms with van der Waals surface area (Å²) in [5.74, 6) is 0. The minimum Gasteiger partial charge on any atom is -0.278 e. The summed E-state index contributed by atoms with van der Waals surface area (Å²) in [7, 11) is 0. The monoisotopic (exact) mass is 280 g/mol. The van der Waals surface area contributed by atoms with Crippen molar-refractivity contribution in [3.63, 3.8) is 0 Å². The van der Waals surface area contributed by atoms with Crippen molar-refractivity contribution in [3.8, 4) is 0 Å². The highest BCUT2D eigenvalue weighted by molar-refractivity contribution is 7.08. The summed E-state index contributed by atoms with van der Waals surface area (Å²) in [5.41, 5.74) is 5.88. The van der Waals surface area contributed by atoms with Crippen LogP contribution in [0.5, 0.6) is 0 Å². The van der Waals surface area contributed by atoms with E-state index < -0.39 is 0 Å². The lowest BCUT2D eigenvalue weighted by Crippen LogP contribution is -2.04. The van der Waals surface area contributed by atoms with Crippen LogP contribution in [-0.2, 0) is 0 Å². The summed E-state index contributed by atoms with van der Waals surface area (Å²) in [6, 6.07) is 19.8. The van der Waals surface area contributed by atoms with E-state index in [1.54, 1.807) is 6.20 Å². The number of nitrogens with one attached hydrogen (secondary N) is 1. The summed E-state index contributed by atoms with van der Waals surface area (Å²) in [4.78, 5) is 0.930. The molecule has 5 heteroatoms. The van der Waals surface area contributed by atoms with E-state index >= 15 is 0 Å². The third-order valence-electron chi connectivity index (χ3n) is 2.71. The molecule has 1 N–H and O–H groups in total. The molecule has 3 aromatic rings. The van der Waals surface area contributed by atoms with Gasteiger partial charge in [0, 0.05) is 5.56 Å². The van der Waals surface area contributed by atoms with Crippen LogP contribution < -0.4 is 5.43 Å². The largest absolute Gasteiger partial charge is 0.278 e. The van der Waals surface area contributed by atoms with Gasteiger partial charge in [0.2, 0.25) is 0 Å². The van der Waals surface area contributed by atoms with Gasteiger partial charge in [-0.05, 0) is 23.7 Å². The van der Waals surface area contributed by atoms with Crippen LogP contribution >= 0.6 is 11.5 Å². The fraction of sp³-hybridized carbons (Fsp3) is 0. The molecule has 0 aliphatic heterocycles. The van der Waals surface area contributed by atoms with Gasteiger partial charge >= 0.3 is 0 Å². The molecule has 98 valence electrons. The first-order valence-corrected chi connectivity index (χ1v) is 6.93. The molecular weight excluding hydrogens is 268 g/mol. The average Bonchev–Trinajstić information content (AvgIpc) is 3.04. The SMILES string of the molecule is c1ccc(NN=C(c2ccccc2)c2cnns2)cc1. The van der Waals surface area contributed by atoms with Crippen LogP contribution in [0.3, 0.4) is 0 Å². The highest BCUT2D eigenvalue weighted by Gasteiger charge is 2.09. The molecule has 1 aromatic heterocycles. The summed E-state index contributed by atoms with van der Waals surface area (Å²) < 4.78 is 3.91. The minimum absolute atomic E-state index is 0.837. The Hall–Kier alpha value is -2.53. The molecule has 0 atom stereocenters.